The van der Waals surface area contributed by atoms with Crippen LogP contribution in [-0.4, -0.2) is 36.8 Å². The molecule has 1 fully saturated rings. The predicted molar refractivity (Wildman–Crippen MR) is 90.9 cm³/mol. The largest absolute Gasteiger partial charge is 0.484 e. The molecule has 5 nitrogen and oxygen atoms in total. The highest BCUT2D eigenvalue weighted by Gasteiger charge is 2.29. The SMILES string of the molecule is Cc1cccc(OCC(=O)N[C@H]2COC[C@H]2Cc2ccncc2)c1. The van der Waals surface area contributed by atoms with E-state index in [1.807, 2.05) is 43.3 Å². The predicted octanol–water partition coefficient (Wildman–Crippen LogP) is 2.14. The lowest BCUT2D eigenvalue weighted by Gasteiger charge is -2.19. The third kappa shape index (κ3) is 4.55. The lowest BCUT2D eigenvalue weighted by atomic mass is 9.95. The number of ether oxygens (including phenoxy) is 2. The molecule has 0 saturated carbocycles. The van der Waals surface area contributed by atoms with Gasteiger partial charge >= 0.3 is 0 Å². The average molecular weight is 326 g/mol. The van der Waals surface area contributed by atoms with Gasteiger partial charge in [-0.15, -0.1) is 0 Å². The minimum absolute atomic E-state index is 0.0158. The van der Waals surface area contributed by atoms with Gasteiger partial charge in [0, 0.05) is 18.3 Å². The van der Waals surface area contributed by atoms with Crippen molar-refractivity contribution in [3.63, 3.8) is 0 Å². The Morgan fingerprint density at radius 3 is 2.92 bits per heavy atom. The van der Waals surface area contributed by atoms with Gasteiger partial charge in [-0.3, -0.25) is 9.78 Å². The molecule has 126 valence electrons. The molecule has 1 aliphatic rings. The van der Waals surface area contributed by atoms with E-state index in [1.54, 1.807) is 12.4 Å². The second kappa shape index (κ2) is 7.93. The number of carbonyl (C=O) groups is 1. The first-order valence-corrected chi connectivity index (χ1v) is 8.16. The third-order valence-corrected chi connectivity index (χ3v) is 4.15. The molecule has 24 heavy (non-hydrogen) atoms. The standard InChI is InChI=1S/C19H22N2O3/c1-14-3-2-4-17(9-14)24-13-19(22)21-18-12-23-11-16(18)10-15-5-7-20-8-6-15/h2-9,16,18H,10-13H2,1H3,(H,21,22)/t16-,18+/m1/s1. The minimum atomic E-state index is -0.119. The van der Waals surface area contributed by atoms with Gasteiger partial charge in [-0.25, -0.2) is 0 Å². The maximum atomic E-state index is 12.2. The topological polar surface area (TPSA) is 60.5 Å². The average Bonchev–Trinajstić information content (AvgIpc) is 3.01. The number of aromatic nitrogens is 1. The van der Waals surface area contributed by atoms with Gasteiger partial charge in [0.15, 0.2) is 6.61 Å². The normalized spacial score (nSPS) is 19.9. The summed E-state index contributed by atoms with van der Waals surface area (Å²) in [5.74, 6) is 0.864. The second-order valence-corrected chi connectivity index (χ2v) is 6.14. The molecule has 0 radical (unpaired) electrons. The number of hydrogen-bond acceptors (Lipinski definition) is 4. The number of amides is 1. The smallest absolute Gasteiger partial charge is 0.258 e. The zero-order chi connectivity index (χ0) is 16.8. The summed E-state index contributed by atoms with van der Waals surface area (Å²) in [7, 11) is 0. The first-order valence-electron chi connectivity index (χ1n) is 8.16. The highest BCUT2D eigenvalue weighted by atomic mass is 16.5. The molecule has 5 heteroatoms. The zero-order valence-electron chi connectivity index (χ0n) is 13.8. The molecule has 2 aromatic rings. The van der Waals surface area contributed by atoms with Crippen molar-refractivity contribution >= 4 is 5.91 Å². The number of rotatable bonds is 6. The second-order valence-electron chi connectivity index (χ2n) is 6.14. The van der Waals surface area contributed by atoms with Crippen LogP contribution in [-0.2, 0) is 16.0 Å². The monoisotopic (exact) mass is 326 g/mol. The molecular formula is C19H22N2O3. The van der Waals surface area contributed by atoms with Gasteiger partial charge in [-0.1, -0.05) is 12.1 Å². The van der Waals surface area contributed by atoms with Crippen molar-refractivity contribution in [2.45, 2.75) is 19.4 Å². The minimum Gasteiger partial charge on any atom is -0.484 e. The third-order valence-electron chi connectivity index (χ3n) is 4.15. The van der Waals surface area contributed by atoms with E-state index < -0.39 is 0 Å². The summed E-state index contributed by atoms with van der Waals surface area (Å²) < 4.78 is 11.1. The first-order chi connectivity index (χ1) is 11.7. The maximum Gasteiger partial charge on any atom is 0.258 e. The van der Waals surface area contributed by atoms with E-state index in [-0.39, 0.29) is 24.5 Å². The number of nitrogens with one attached hydrogen (secondary N) is 1. The Morgan fingerprint density at radius 1 is 1.29 bits per heavy atom. The molecule has 0 bridgehead atoms. The molecule has 2 atom stereocenters. The van der Waals surface area contributed by atoms with Crippen LogP contribution in [0, 0.1) is 12.8 Å². The Balaban J connectivity index is 1.49. The summed E-state index contributed by atoms with van der Waals surface area (Å²) >= 11 is 0. The Labute approximate surface area is 142 Å². The van der Waals surface area contributed by atoms with Crippen LogP contribution in [0.2, 0.25) is 0 Å². The molecule has 1 N–H and O–H groups in total. The first kappa shape index (κ1) is 16.5. The van der Waals surface area contributed by atoms with Crippen LogP contribution < -0.4 is 10.1 Å². The van der Waals surface area contributed by atoms with E-state index >= 15 is 0 Å². The number of nitrogens with zero attached hydrogens (tertiary/aromatic N) is 1. The molecule has 1 aliphatic heterocycles. The van der Waals surface area contributed by atoms with Crippen LogP contribution >= 0.6 is 0 Å². The summed E-state index contributed by atoms with van der Waals surface area (Å²) in [5, 5.41) is 3.03. The molecule has 1 aromatic heterocycles. The van der Waals surface area contributed by atoms with Crippen molar-refractivity contribution in [1.82, 2.24) is 10.3 Å². The van der Waals surface area contributed by atoms with Crippen molar-refractivity contribution in [3.8, 4) is 5.75 Å². The van der Waals surface area contributed by atoms with Gasteiger partial charge in [0.1, 0.15) is 5.75 Å². The van der Waals surface area contributed by atoms with Crippen LogP contribution in [0.25, 0.3) is 0 Å². The van der Waals surface area contributed by atoms with Crippen LogP contribution in [0.15, 0.2) is 48.8 Å². The van der Waals surface area contributed by atoms with Gasteiger partial charge in [0.2, 0.25) is 0 Å². The maximum absolute atomic E-state index is 12.2. The van der Waals surface area contributed by atoms with Gasteiger partial charge in [-0.05, 0) is 48.7 Å². The van der Waals surface area contributed by atoms with E-state index in [1.165, 1.54) is 5.56 Å². The molecule has 3 rings (SSSR count). The van der Waals surface area contributed by atoms with Crippen molar-refractivity contribution in [2.24, 2.45) is 5.92 Å². The van der Waals surface area contributed by atoms with E-state index in [9.17, 15) is 4.79 Å². The van der Waals surface area contributed by atoms with Crippen molar-refractivity contribution in [3.05, 3.63) is 59.9 Å². The number of benzene rings is 1. The summed E-state index contributed by atoms with van der Waals surface area (Å²) in [6.45, 7) is 3.21. The number of pyridine rings is 1. The number of aryl methyl sites for hydroxylation is 1. The fourth-order valence-corrected chi connectivity index (χ4v) is 2.88. The molecule has 0 unspecified atom stereocenters. The Hall–Kier alpha value is -2.40. The fraction of sp³-hybridized carbons (Fsp3) is 0.368. The lowest BCUT2D eigenvalue weighted by Crippen LogP contribution is -2.42. The molecule has 1 aromatic carbocycles. The van der Waals surface area contributed by atoms with Crippen LogP contribution in [0.4, 0.5) is 0 Å². The number of carbonyl (C=O) groups excluding carboxylic acids is 1. The molecule has 1 amide bonds. The molecule has 0 spiro atoms. The molecule has 2 heterocycles. The fourth-order valence-electron chi connectivity index (χ4n) is 2.88. The van der Waals surface area contributed by atoms with E-state index in [0.29, 0.717) is 19.0 Å². The van der Waals surface area contributed by atoms with Crippen LogP contribution in [0.3, 0.4) is 0 Å². The van der Waals surface area contributed by atoms with E-state index in [4.69, 9.17) is 9.47 Å². The summed E-state index contributed by atoms with van der Waals surface area (Å²) in [6, 6.07) is 11.7. The Bertz CT molecular complexity index is 675. The van der Waals surface area contributed by atoms with Crippen molar-refractivity contribution in [2.75, 3.05) is 19.8 Å². The van der Waals surface area contributed by atoms with E-state index in [2.05, 4.69) is 10.3 Å². The van der Waals surface area contributed by atoms with Gasteiger partial charge < -0.3 is 14.8 Å². The highest BCUT2D eigenvalue weighted by Crippen LogP contribution is 2.19. The quantitative estimate of drug-likeness (QED) is 0.883. The van der Waals surface area contributed by atoms with Crippen molar-refractivity contribution in [1.29, 1.82) is 0 Å². The number of hydrogen-bond donors (Lipinski definition) is 1. The van der Waals surface area contributed by atoms with Crippen molar-refractivity contribution < 1.29 is 14.3 Å². The molecule has 1 saturated heterocycles. The summed E-state index contributed by atoms with van der Waals surface area (Å²) in [4.78, 5) is 16.2. The highest BCUT2D eigenvalue weighted by molar-refractivity contribution is 5.78. The molecule has 0 aliphatic carbocycles. The Kier molecular flexibility index (Phi) is 5.43. The summed E-state index contributed by atoms with van der Waals surface area (Å²) in [6.07, 6.45) is 4.44. The molecular weight excluding hydrogens is 304 g/mol. The van der Waals surface area contributed by atoms with Gasteiger partial charge in [0.25, 0.3) is 5.91 Å². The summed E-state index contributed by atoms with van der Waals surface area (Å²) in [5.41, 5.74) is 2.31. The van der Waals surface area contributed by atoms with Crippen LogP contribution in [0.1, 0.15) is 11.1 Å². The lowest BCUT2D eigenvalue weighted by molar-refractivity contribution is -0.124. The van der Waals surface area contributed by atoms with E-state index in [0.717, 1.165) is 12.0 Å². The van der Waals surface area contributed by atoms with Crippen LogP contribution in [0.5, 0.6) is 5.75 Å². The van der Waals surface area contributed by atoms with Gasteiger partial charge in [-0.2, -0.15) is 0 Å². The van der Waals surface area contributed by atoms with Gasteiger partial charge in [0.05, 0.1) is 19.3 Å². The Morgan fingerprint density at radius 2 is 2.12 bits per heavy atom. The zero-order valence-corrected chi connectivity index (χ0v) is 13.8.